The summed E-state index contributed by atoms with van der Waals surface area (Å²) in [4.78, 5) is 0. The fourth-order valence-electron chi connectivity index (χ4n) is 1.48. The first-order valence-electron chi connectivity index (χ1n) is 6.03. The Bertz CT molecular complexity index is 307. The molecule has 2 N–H and O–H groups in total. The lowest BCUT2D eigenvalue weighted by molar-refractivity contribution is 0.289. The molecule has 1 aromatic carbocycles. The highest BCUT2D eigenvalue weighted by atomic mass is 35.5. The molecule has 0 radical (unpaired) electrons. The predicted molar refractivity (Wildman–Crippen MR) is 70.8 cm³/mol. The molecule has 0 unspecified atom stereocenters. The van der Waals surface area contributed by atoms with Gasteiger partial charge < -0.3 is 15.2 Å². The van der Waals surface area contributed by atoms with Crippen LogP contribution in [0, 0.1) is 0 Å². The predicted octanol–water partition coefficient (Wildman–Crippen LogP) is 2.47. The molecule has 1 aromatic rings. The molecule has 0 saturated carbocycles. The highest BCUT2D eigenvalue weighted by molar-refractivity contribution is 6.30. The normalized spacial score (nSPS) is 10.5. The number of aliphatic hydroxyl groups is 1. The van der Waals surface area contributed by atoms with Crippen LogP contribution in [0.5, 0.6) is 5.75 Å². The molecule has 0 aromatic heterocycles. The standard InChI is InChI=1S/C13H20ClNO2/c14-12-5-4-6-13(11-12)17-10-3-1-2-7-15-8-9-16/h4-6,11,15-16H,1-3,7-10H2. The van der Waals surface area contributed by atoms with Crippen molar-refractivity contribution >= 4 is 11.6 Å². The van der Waals surface area contributed by atoms with Gasteiger partial charge in [0.1, 0.15) is 5.75 Å². The van der Waals surface area contributed by atoms with Crippen molar-refractivity contribution in [2.75, 3.05) is 26.3 Å². The van der Waals surface area contributed by atoms with E-state index in [2.05, 4.69) is 5.32 Å². The number of halogens is 1. The Kier molecular flexibility index (Phi) is 7.80. The molecular formula is C13H20ClNO2. The van der Waals surface area contributed by atoms with Crippen LogP contribution in [0.2, 0.25) is 5.02 Å². The molecule has 0 heterocycles. The average Bonchev–Trinajstić information content (AvgIpc) is 2.33. The number of nitrogens with one attached hydrogen (secondary N) is 1. The molecule has 0 atom stereocenters. The summed E-state index contributed by atoms with van der Waals surface area (Å²) in [5, 5.41) is 12.4. The zero-order valence-corrected chi connectivity index (χ0v) is 10.7. The Morgan fingerprint density at radius 1 is 1.18 bits per heavy atom. The van der Waals surface area contributed by atoms with Gasteiger partial charge in [-0.05, 0) is 44.0 Å². The first-order valence-corrected chi connectivity index (χ1v) is 6.40. The first kappa shape index (κ1) is 14.3. The van der Waals surface area contributed by atoms with Crippen molar-refractivity contribution in [1.29, 1.82) is 0 Å². The molecule has 0 amide bonds. The lowest BCUT2D eigenvalue weighted by Gasteiger charge is -2.06. The van der Waals surface area contributed by atoms with Crippen LogP contribution < -0.4 is 10.1 Å². The van der Waals surface area contributed by atoms with Crippen LogP contribution in [0.3, 0.4) is 0 Å². The number of ether oxygens (including phenoxy) is 1. The van der Waals surface area contributed by atoms with E-state index in [1.807, 2.05) is 24.3 Å². The minimum absolute atomic E-state index is 0.206. The zero-order chi connectivity index (χ0) is 12.3. The van der Waals surface area contributed by atoms with Gasteiger partial charge in [0, 0.05) is 11.6 Å². The van der Waals surface area contributed by atoms with Crippen LogP contribution in [-0.4, -0.2) is 31.4 Å². The maximum Gasteiger partial charge on any atom is 0.120 e. The Balaban J connectivity index is 1.97. The van der Waals surface area contributed by atoms with E-state index in [9.17, 15) is 0 Å². The highest BCUT2D eigenvalue weighted by Gasteiger charge is 1.95. The lowest BCUT2D eigenvalue weighted by atomic mass is 10.2. The summed E-state index contributed by atoms with van der Waals surface area (Å²) in [6.45, 7) is 2.56. The molecule has 0 fully saturated rings. The summed E-state index contributed by atoms with van der Waals surface area (Å²) in [6.07, 6.45) is 3.27. The fourth-order valence-corrected chi connectivity index (χ4v) is 1.66. The molecule has 96 valence electrons. The van der Waals surface area contributed by atoms with Gasteiger partial charge in [-0.1, -0.05) is 17.7 Å². The molecule has 0 aliphatic heterocycles. The van der Waals surface area contributed by atoms with Gasteiger partial charge in [0.25, 0.3) is 0 Å². The Hall–Kier alpha value is -0.770. The Morgan fingerprint density at radius 3 is 2.82 bits per heavy atom. The summed E-state index contributed by atoms with van der Waals surface area (Å²) >= 11 is 5.85. The third-order valence-corrected chi connectivity index (χ3v) is 2.59. The number of hydrogen-bond acceptors (Lipinski definition) is 3. The van der Waals surface area contributed by atoms with Crippen molar-refractivity contribution in [2.45, 2.75) is 19.3 Å². The van der Waals surface area contributed by atoms with E-state index in [-0.39, 0.29) is 6.61 Å². The van der Waals surface area contributed by atoms with Gasteiger partial charge in [-0.3, -0.25) is 0 Å². The minimum atomic E-state index is 0.206. The molecule has 3 nitrogen and oxygen atoms in total. The Morgan fingerprint density at radius 2 is 2.06 bits per heavy atom. The summed E-state index contributed by atoms with van der Waals surface area (Å²) in [6, 6.07) is 7.46. The molecule has 0 saturated heterocycles. The maximum atomic E-state index is 8.56. The quantitative estimate of drug-likeness (QED) is 0.668. The van der Waals surface area contributed by atoms with Crippen molar-refractivity contribution in [3.05, 3.63) is 29.3 Å². The van der Waals surface area contributed by atoms with E-state index in [0.29, 0.717) is 11.6 Å². The van der Waals surface area contributed by atoms with Crippen LogP contribution in [0.25, 0.3) is 0 Å². The largest absolute Gasteiger partial charge is 0.494 e. The second-order valence-corrected chi connectivity index (χ2v) is 4.28. The SMILES string of the molecule is OCCNCCCCCOc1cccc(Cl)c1. The van der Waals surface area contributed by atoms with E-state index in [4.69, 9.17) is 21.4 Å². The number of unbranched alkanes of at least 4 members (excludes halogenated alkanes) is 2. The smallest absolute Gasteiger partial charge is 0.120 e. The molecule has 17 heavy (non-hydrogen) atoms. The number of hydrogen-bond donors (Lipinski definition) is 2. The van der Waals surface area contributed by atoms with E-state index < -0.39 is 0 Å². The third kappa shape index (κ3) is 7.21. The van der Waals surface area contributed by atoms with E-state index in [1.165, 1.54) is 0 Å². The first-order chi connectivity index (χ1) is 8.33. The molecule has 0 aliphatic rings. The second-order valence-electron chi connectivity index (χ2n) is 3.84. The van der Waals surface area contributed by atoms with Gasteiger partial charge in [-0.15, -0.1) is 0 Å². The van der Waals surface area contributed by atoms with Crippen molar-refractivity contribution in [3.63, 3.8) is 0 Å². The van der Waals surface area contributed by atoms with Crippen molar-refractivity contribution in [2.24, 2.45) is 0 Å². The Labute approximate surface area is 108 Å². The summed E-state index contributed by atoms with van der Waals surface area (Å²) in [7, 11) is 0. The van der Waals surface area contributed by atoms with Gasteiger partial charge in [-0.25, -0.2) is 0 Å². The van der Waals surface area contributed by atoms with Gasteiger partial charge in [0.15, 0.2) is 0 Å². The zero-order valence-electron chi connectivity index (χ0n) is 9.99. The molecule has 0 bridgehead atoms. The van der Waals surface area contributed by atoms with Crippen LogP contribution in [-0.2, 0) is 0 Å². The van der Waals surface area contributed by atoms with Gasteiger partial charge >= 0.3 is 0 Å². The summed E-state index contributed by atoms with van der Waals surface area (Å²) in [5.41, 5.74) is 0. The van der Waals surface area contributed by atoms with E-state index in [0.717, 1.165) is 38.2 Å². The van der Waals surface area contributed by atoms with Crippen molar-refractivity contribution in [1.82, 2.24) is 5.32 Å². The molecule has 1 rings (SSSR count). The van der Waals surface area contributed by atoms with E-state index >= 15 is 0 Å². The van der Waals surface area contributed by atoms with Gasteiger partial charge in [0.05, 0.1) is 13.2 Å². The van der Waals surface area contributed by atoms with Crippen LogP contribution in [0.15, 0.2) is 24.3 Å². The van der Waals surface area contributed by atoms with Crippen LogP contribution in [0.1, 0.15) is 19.3 Å². The molecule has 0 aliphatic carbocycles. The third-order valence-electron chi connectivity index (χ3n) is 2.35. The van der Waals surface area contributed by atoms with Crippen LogP contribution in [0.4, 0.5) is 0 Å². The monoisotopic (exact) mass is 257 g/mol. The van der Waals surface area contributed by atoms with Crippen LogP contribution >= 0.6 is 11.6 Å². The molecule has 0 spiro atoms. The topological polar surface area (TPSA) is 41.5 Å². The van der Waals surface area contributed by atoms with Crippen molar-refractivity contribution in [3.8, 4) is 5.75 Å². The van der Waals surface area contributed by atoms with Gasteiger partial charge in [-0.2, -0.15) is 0 Å². The summed E-state index contributed by atoms with van der Waals surface area (Å²) < 4.78 is 5.57. The van der Waals surface area contributed by atoms with E-state index in [1.54, 1.807) is 0 Å². The molecular weight excluding hydrogens is 238 g/mol. The highest BCUT2D eigenvalue weighted by Crippen LogP contribution is 2.17. The number of rotatable bonds is 9. The second kappa shape index (κ2) is 9.28. The maximum absolute atomic E-state index is 8.56. The number of aliphatic hydroxyl groups excluding tert-OH is 1. The van der Waals surface area contributed by atoms with Crippen molar-refractivity contribution < 1.29 is 9.84 Å². The lowest BCUT2D eigenvalue weighted by Crippen LogP contribution is -2.19. The fraction of sp³-hybridized carbons (Fsp3) is 0.538. The minimum Gasteiger partial charge on any atom is -0.494 e. The number of benzene rings is 1. The average molecular weight is 258 g/mol. The van der Waals surface area contributed by atoms with Gasteiger partial charge in [0.2, 0.25) is 0 Å². The summed E-state index contributed by atoms with van der Waals surface area (Å²) in [5.74, 6) is 0.830. The molecule has 4 heteroatoms.